The summed E-state index contributed by atoms with van der Waals surface area (Å²) in [6, 6.07) is 6.19. The van der Waals surface area contributed by atoms with Crippen LogP contribution in [0.25, 0.3) is 11.4 Å². The van der Waals surface area contributed by atoms with Crippen LogP contribution in [0, 0.1) is 0 Å². The zero-order chi connectivity index (χ0) is 18.7. The van der Waals surface area contributed by atoms with Gasteiger partial charge in [-0.2, -0.15) is 4.98 Å². The summed E-state index contributed by atoms with van der Waals surface area (Å²) < 4.78 is 0.756. The first-order chi connectivity index (χ1) is 12.5. The van der Waals surface area contributed by atoms with Gasteiger partial charge in [0.05, 0.1) is 4.47 Å². The quantitative estimate of drug-likeness (QED) is 0.437. The Morgan fingerprint density at radius 3 is 2.50 bits per heavy atom. The van der Waals surface area contributed by atoms with Crippen LogP contribution in [-0.2, 0) is 6.42 Å². The number of anilines is 2. The van der Waals surface area contributed by atoms with Gasteiger partial charge in [-0.05, 0) is 76.3 Å². The fraction of sp³-hybridized carbons (Fsp3) is 0.222. The summed E-state index contributed by atoms with van der Waals surface area (Å²) in [6.45, 7) is 6.52. The predicted molar refractivity (Wildman–Crippen MR) is 113 cm³/mol. The molecule has 3 aromatic rings. The smallest absolute Gasteiger partial charge is 0.224 e. The van der Waals surface area contributed by atoms with Crippen molar-refractivity contribution in [2.45, 2.75) is 13.3 Å². The maximum atomic E-state index is 5.92. The first-order valence-corrected chi connectivity index (χ1v) is 11.5. The third-order valence-electron chi connectivity index (χ3n) is 3.82. The van der Waals surface area contributed by atoms with Gasteiger partial charge in [0.2, 0.25) is 5.28 Å². The highest BCUT2D eigenvalue weighted by atomic mass is 79.9. The lowest BCUT2D eigenvalue weighted by molar-refractivity contribution is 1.05. The molecule has 0 fully saturated rings. The van der Waals surface area contributed by atoms with Crippen molar-refractivity contribution in [3.8, 4) is 11.4 Å². The molecule has 0 radical (unpaired) electrons. The van der Waals surface area contributed by atoms with Crippen molar-refractivity contribution >= 4 is 52.3 Å². The van der Waals surface area contributed by atoms with Crippen LogP contribution in [0.2, 0.25) is 5.28 Å². The minimum Gasteiger partial charge on any atom is -0.339 e. The first-order valence-electron chi connectivity index (χ1n) is 8.05. The molecule has 0 saturated carbocycles. The van der Waals surface area contributed by atoms with Gasteiger partial charge in [0.15, 0.2) is 5.82 Å². The van der Waals surface area contributed by atoms with Crippen molar-refractivity contribution in [3.63, 3.8) is 0 Å². The molecule has 1 N–H and O–H groups in total. The molecule has 8 heteroatoms. The molecule has 2 heterocycles. The number of aromatic nitrogens is 4. The Hall–Kier alpha value is -1.62. The molecule has 0 aliphatic rings. The standard InChI is InChI=1S/C18H18BrClN5P/c1-4-11-8-21-16(22-9-11)12-5-6-14(15(7-12)26(2)3)24-17-13(19)10-23-18(20)25-17/h5-10H,4H2,1-3H3,(H,23,24,25). The minimum atomic E-state index is -0.355. The summed E-state index contributed by atoms with van der Waals surface area (Å²) in [4.78, 5) is 17.2. The van der Waals surface area contributed by atoms with E-state index in [0.717, 1.165) is 33.5 Å². The summed E-state index contributed by atoms with van der Waals surface area (Å²) in [5, 5.41) is 4.77. The van der Waals surface area contributed by atoms with Crippen LogP contribution < -0.4 is 10.6 Å². The van der Waals surface area contributed by atoms with Crippen LogP contribution in [0.15, 0.2) is 41.3 Å². The van der Waals surface area contributed by atoms with Gasteiger partial charge < -0.3 is 5.32 Å². The number of nitrogens with zero attached hydrogens (tertiary/aromatic N) is 4. The van der Waals surface area contributed by atoms with Gasteiger partial charge in [-0.1, -0.05) is 14.8 Å². The second-order valence-corrected chi connectivity index (χ2v) is 9.32. The molecule has 0 bridgehead atoms. The maximum absolute atomic E-state index is 5.92. The van der Waals surface area contributed by atoms with Crippen molar-refractivity contribution in [2.75, 3.05) is 18.6 Å². The summed E-state index contributed by atoms with van der Waals surface area (Å²) in [6.07, 6.45) is 6.33. The van der Waals surface area contributed by atoms with Crippen LogP contribution in [-0.4, -0.2) is 33.3 Å². The molecule has 0 aliphatic heterocycles. The normalized spacial score (nSPS) is 11.0. The summed E-state index contributed by atoms with van der Waals surface area (Å²) in [7, 11) is -0.355. The molecule has 0 unspecified atom stereocenters. The number of halogens is 2. The molecule has 0 saturated heterocycles. The second kappa shape index (κ2) is 8.38. The van der Waals surface area contributed by atoms with Crippen molar-refractivity contribution < 1.29 is 0 Å². The number of aryl methyl sites for hydroxylation is 1. The Labute approximate surface area is 167 Å². The molecule has 5 nitrogen and oxygen atoms in total. The van der Waals surface area contributed by atoms with Gasteiger partial charge in [0.1, 0.15) is 5.82 Å². The van der Waals surface area contributed by atoms with Crippen LogP contribution in [0.5, 0.6) is 0 Å². The molecular formula is C18H18BrClN5P. The van der Waals surface area contributed by atoms with Gasteiger partial charge in [0, 0.05) is 29.8 Å². The predicted octanol–water partition coefficient (Wildman–Crippen LogP) is 5.02. The zero-order valence-electron chi connectivity index (χ0n) is 14.7. The molecule has 134 valence electrons. The Balaban J connectivity index is 1.97. The fourth-order valence-electron chi connectivity index (χ4n) is 2.39. The molecule has 0 spiro atoms. The minimum absolute atomic E-state index is 0.202. The number of hydrogen-bond acceptors (Lipinski definition) is 5. The first kappa shape index (κ1) is 19.2. The molecule has 26 heavy (non-hydrogen) atoms. The van der Waals surface area contributed by atoms with E-state index < -0.39 is 0 Å². The van der Waals surface area contributed by atoms with Crippen LogP contribution >= 0.6 is 35.5 Å². The van der Waals surface area contributed by atoms with E-state index in [1.807, 2.05) is 24.5 Å². The van der Waals surface area contributed by atoms with E-state index in [1.54, 1.807) is 6.20 Å². The van der Waals surface area contributed by atoms with Crippen LogP contribution in [0.4, 0.5) is 11.5 Å². The fourth-order valence-corrected chi connectivity index (χ4v) is 3.83. The Kier molecular flexibility index (Phi) is 6.17. The molecule has 0 atom stereocenters. The third-order valence-corrected chi connectivity index (χ3v) is 5.92. The third kappa shape index (κ3) is 4.37. The van der Waals surface area contributed by atoms with Gasteiger partial charge in [-0.15, -0.1) is 0 Å². The van der Waals surface area contributed by atoms with E-state index in [9.17, 15) is 0 Å². The van der Waals surface area contributed by atoms with Gasteiger partial charge >= 0.3 is 0 Å². The van der Waals surface area contributed by atoms with E-state index in [2.05, 4.69) is 67.5 Å². The summed E-state index contributed by atoms with van der Waals surface area (Å²) in [5.74, 6) is 1.37. The van der Waals surface area contributed by atoms with Crippen LogP contribution in [0.3, 0.4) is 0 Å². The van der Waals surface area contributed by atoms with Gasteiger partial charge in [-0.25, -0.2) is 15.0 Å². The second-order valence-electron chi connectivity index (χ2n) is 5.86. The Morgan fingerprint density at radius 2 is 1.85 bits per heavy atom. The largest absolute Gasteiger partial charge is 0.339 e. The number of rotatable bonds is 5. The van der Waals surface area contributed by atoms with E-state index in [1.165, 1.54) is 5.30 Å². The van der Waals surface area contributed by atoms with Gasteiger partial charge in [0.25, 0.3) is 0 Å². The van der Waals surface area contributed by atoms with E-state index in [-0.39, 0.29) is 13.2 Å². The van der Waals surface area contributed by atoms with Crippen molar-refractivity contribution in [1.82, 2.24) is 19.9 Å². The van der Waals surface area contributed by atoms with E-state index in [0.29, 0.717) is 5.82 Å². The maximum Gasteiger partial charge on any atom is 0.224 e. The molecule has 0 aliphatic carbocycles. The SMILES string of the molecule is CCc1cnc(-c2ccc(Nc3nc(Cl)ncc3Br)c(P(C)C)c2)nc1. The molecule has 2 aromatic heterocycles. The average molecular weight is 451 g/mol. The highest BCUT2D eigenvalue weighted by molar-refractivity contribution is 9.10. The lowest BCUT2D eigenvalue weighted by Crippen LogP contribution is -2.09. The lowest BCUT2D eigenvalue weighted by atomic mass is 10.2. The van der Waals surface area contributed by atoms with E-state index in [4.69, 9.17) is 11.6 Å². The number of nitrogens with one attached hydrogen (secondary N) is 1. The highest BCUT2D eigenvalue weighted by Crippen LogP contribution is 2.33. The van der Waals surface area contributed by atoms with Crippen LogP contribution in [0.1, 0.15) is 12.5 Å². The van der Waals surface area contributed by atoms with Crippen molar-refractivity contribution in [1.29, 1.82) is 0 Å². The summed E-state index contributed by atoms with van der Waals surface area (Å²) in [5.41, 5.74) is 3.13. The highest BCUT2D eigenvalue weighted by Gasteiger charge is 2.13. The molecular weight excluding hydrogens is 433 g/mol. The lowest BCUT2D eigenvalue weighted by Gasteiger charge is -2.16. The Morgan fingerprint density at radius 1 is 1.12 bits per heavy atom. The molecule has 0 amide bonds. The van der Waals surface area contributed by atoms with Crippen molar-refractivity contribution in [2.24, 2.45) is 0 Å². The monoisotopic (exact) mass is 449 g/mol. The molecule has 3 rings (SSSR count). The zero-order valence-corrected chi connectivity index (χ0v) is 17.9. The van der Waals surface area contributed by atoms with Crippen molar-refractivity contribution in [3.05, 3.63) is 52.1 Å². The summed E-state index contributed by atoms with van der Waals surface area (Å²) >= 11 is 9.37. The topological polar surface area (TPSA) is 63.6 Å². The Bertz CT molecular complexity index is 918. The number of hydrogen-bond donors (Lipinski definition) is 1. The van der Waals surface area contributed by atoms with E-state index >= 15 is 0 Å². The average Bonchev–Trinajstić information content (AvgIpc) is 2.65. The molecule has 1 aromatic carbocycles. The van der Waals surface area contributed by atoms with Gasteiger partial charge in [-0.3, -0.25) is 0 Å². The number of benzene rings is 1.